The Labute approximate surface area is 85.9 Å². The minimum Gasteiger partial charge on any atom is -0.466 e. The van der Waals surface area contributed by atoms with E-state index in [0.29, 0.717) is 0 Å². The highest BCUT2D eigenvalue weighted by atomic mass is 16.3. The van der Waals surface area contributed by atoms with Gasteiger partial charge in [-0.2, -0.15) is 0 Å². The van der Waals surface area contributed by atoms with Crippen molar-refractivity contribution in [1.29, 1.82) is 0 Å². The fourth-order valence-electron chi connectivity index (χ4n) is 1.53. The van der Waals surface area contributed by atoms with Gasteiger partial charge < -0.3 is 15.1 Å². The van der Waals surface area contributed by atoms with E-state index in [-0.39, 0.29) is 0 Å². The lowest BCUT2D eigenvalue weighted by molar-refractivity contribution is 0.497. The molecule has 0 aliphatic carbocycles. The first-order valence-corrected chi connectivity index (χ1v) is 5.07. The van der Waals surface area contributed by atoms with Gasteiger partial charge in [0.1, 0.15) is 11.5 Å². The minimum absolute atomic E-state index is 0.899. The number of hydrogen-bond acceptors (Lipinski definition) is 3. The summed E-state index contributed by atoms with van der Waals surface area (Å²) in [4.78, 5) is 0. The molecule has 0 saturated heterocycles. The van der Waals surface area contributed by atoms with Crippen LogP contribution in [0.15, 0.2) is 4.42 Å². The third-order valence-electron chi connectivity index (χ3n) is 2.57. The van der Waals surface area contributed by atoms with Crippen LogP contribution in [0.3, 0.4) is 0 Å². The van der Waals surface area contributed by atoms with E-state index in [0.717, 1.165) is 31.2 Å². The van der Waals surface area contributed by atoms with Crippen molar-refractivity contribution >= 4 is 0 Å². The van der Waals surface area contributed by atoms with Gasteiger partial charge in [0.05, 0.1) is 0 Å². The molecular weight excluding hydrogens is 176 g/mol. The molecule has 0 fully saturated rings. The van der Waals surface area contributed by atoms with Crippen LogP contribution in [0.1, 0.15) is 22.6 Å². The quantitative estimate of drug-likeness (QED) is 0.701. The van der Waals surface area contributed by atoms with Gasteiger partial charge in [-0.25, -0.2) is 0 Å². The van der Waals surface area contributed by atoms with Crippen molar-refractivity contribution in [3.8, 4) is 0 Å². The molecule has 14 heavy (non-hydrogen) atoms. The molecule has 0 bridgehead atoms. The van der Waals surface area contributed by atoms with Crippen molar-refractivity contribution in [3.63, 3.8) is 0 Å². The van der Waals surface area contributed by atoms with Gasteiger partial charge in [0.25, 0.3) is 0 Å². The first-order chi connectivity index (χ1) is 6.66. The molecule has 0 aliphatic heterocycles. The van der Waals surface area contributed by atoms with E-state index in [9.17, 15) is 0 Å². The van der Waals surface area contributed by atoms with E-state index >= 15 is 0 Å². The van der Waals surface area contributed by atoms with Crippen LogP contribution >= 0.6 is 0 Å². The molecule has 1 rings (SSSR count). The van der Waals surface area contributed by atoms with Gasteiger partial charge in [-0.1, -0.05) is 0 Å². The van der Waals surface area contributed by atoms with E-state index < -0.39 is 0 Å². The zero-order chi connectivity index (χ0) is 10.6. The molecule has 1 heterocycles. The second-order valence-corrected chi connectivity index (χ2v) is 3.60. The monoisotopic (exact) mass is 196 g/mol. The SMILES string of the molecule is CNCCNCc1c(C)oc(C)c1C. The van der Waals surface area contributed by atoms with Crippen LogP contribution in [0, 0.1) is 20.8 Å². The van der Waals surface area contributed by atoms with Crippen LogP contribution in [0.5, 0.6) is 0 Å². The molecule has 0 aromatic carbocycles. The van der Waals surface area contributed by atoms with Crippen molar-refractivity contribution in [3.05, 3.63) is 22.6 Å². The van der Waals surface area contributed by atoms with Gasteiger partial charge in [-0.05, 0) is 33.4 Å². The highest BCUT2D eigenvalue weighted by molar-refractivity contribution is 5.31. The number of likely N-dealkylation sites (N-methyl/N-ethyl adjacent to an activating group) is 1. The number of furan rings is 1. The highest BCUT2D eigenvalue weighted by Crippen LogP contribution is 2.19. The van der Waals surface area contributed by atoms with Gasteiger partial charge in [-0.3, -0.25) is 0 Å². The largest absolute Gasteiger partial charge is 0.466 e. The first kappa shape index (κ1) is 11.3. The molecule has 80 valence electrons. The normalized spacial score (nSPS) is 10.9. The lowest BCUT2D eigenvalue weighted by Gasteiger charge is -2.04. The Morgan fingerprint density at radius 1 is 1.07 bits per heavy atom. The molecule has 0 radical (unpaired) electrons. The number of hydrogen-bond donors (Lipinski definition) is 2. The summed E-state index contributed by atoms with van der Waals surface area (Å²) in [6.45, 7) is 9.03. The van der Waals surface area contributed by atoms with Crippen LogP contribution in [0.2, 0.25) is 0 Å². The molecule has 0 spiro atoms. The van der Waals surface area contributed by atoms with E-state index in [4.69, 9.17) is 4.42 Å². The summed E-state index contributed by atoms with van der Waals surface area (Å²) >= 11 is 0. The molecule has 0 saturated carbocycles. The average molecular weight is 196 g/mol. The molecule has 0 aliphatic rings. The van der Waals surface area contributed by atoms with Crippen molar-refractivity contribution in [1.82, 2.24) is 10.6 Å². The maximum atomic E-state index is 5.55. The summed E-state index contributed by atoms with van der Waals surface area (Å²) in [5, 5.41) is 6.48. The summed E-state index contributed by atoms with van der Waals surface area (Å²) in [5.74, 6) is 2.07. The predicted molar refractivity (Wildman–Crippen MR) is 58.6 cm³/mol. The smallest absolute Gasteiger partial charge is 0.105 e. The van der Waals surface area contributed by atoms with Gasteiger partial charge in [0.2, 0.25) is 0 Å². The predicted octanol–water partition coefficient (Wildman–Crippen LogP) is 1.51. The molecule has 0 amide bonds. The molecule has 3 heteroatoms. The Kier molecular flexibility index (Phi) is 4.17. The van der Waals surface area contributed by atoms with Crippen molar-refractivity contribution < 1.29 is 4.42 Å². The van der Waals surface area contributed by atoms with Crippen LogP contribution in [-0.4, -0.2) is 20.1 Å². The summed E-state index contributed by atoms with van der Waals surface area (Å²) in [5.41, 5.74) is 2.58. The Morgan fingerprint density at radius 2 is 1.79 bits per heavy atom. The maximum Gasteiger partial charge on any atom is 0.105 e. The maximum absolute atomic E-state index is 5.55. The van der Waals surface area contributed by atoms with E-state index in [1.54, 1.807) is 0 Å². The second-order valence-electron chi connectivity index (χ2n) is 3.60. The molecule has 1 aromatic heterocycles. The Hall–Kier alpha value is -0.800. The van der Waals surface area contributed by atoms with E-state index in [2.05, 4.69) is 17.6 Å². The van der Waals surface area contributed by atoms with Crippen molar-refractivity contribution in [2.75, 3.05) is 20.1 Å². The van der Waals surface area contributed by atoms with E-state index in [1.807, 2.05) is 20.9 Å². The summed E-state index contributed by atoms with van der Waals surface area (Å²) < 4.78 is 5.55. The summed E-state index contributed by atoms with van der Waals surface area (Å²) in [6, 6.07) is 0. The van der Waals surface area contributed by atoms with Crippen LogP contribution < -0.4 is 10.6 Å². The highest BCUT2D eigenvalue weighted by Gasteiger charge is 2.09. The molecule has 3 nitrogen and oxygen atoms in total. The molecule has 2 N–H and O–H groups in total. The first-order valence-electron chi connectivity index (χ1n) is 5.07. The standard InChI is InChI=1S/C11H20N2O/c1-8-9(2)14-10(3)11(8)7-13-6-5-12-4/h12-13H,5-7H2,1-4H3. The number of nitrogens with one attached hydrogen (secondary N) is 2. The van der Waals surface area contributed by atoms with E-state index in [1.165, 1.54) is 11.1 Å². The lowest BCUT2D eigenvalue weighted by Crippen LogP contribution is -2.24. The average Bonchev–Trinajstić information content (AvgIpc) is 2.38. The molecular formula is C11H20N2O. The third-order valence-corrected chi connectivity index (χ3v) is 2.57. The molecule has 1 aromatic rings. The Balaban J connectivity index is 2.49. The van der Waals surface area contributed by atoms with Gasteiger partial charge in [-0.15, -0.1) is 0 Å². The van der Waals surface area contributed by atoms with Crippen LogP contribution in [0.25, 0.3) is 0 Å². The van der Waals surface area contributed by atoms with Gasteiger partial charge >= 0.3 is 0 Å². The van der Waals surface area contributed by atoms with Crippen LogP contribution in [0.4, 0.5) is 0 Å². The summed E-state index contributed by atoms with van der Waals surface area (Å²) in [6.07, 6.45) is 0. The fourth-order valence-corrected chi connectivity index (χ4v) is 1.53. The molecule has 0 unspecified atom stereocenters. The van der Waals surface area contributed by atoms with Gasteiger partial charge in [0.15, 0.2) is 0 Å². The zero-order valence-corrected chi connectivity index (χ0v) is 9.53. The Bertz CT molecular complexity index is 292. The van der Waals surface area contributed by atoms with Gasteiger partial charge in [0, 0.05) is 25.2 Å². The number of aryl methyl sites for hydroxylation is 2. The topological polar surface area (TPSA) is 37.2 Å². The third kappa shape index (κ3) is 2.59. The minimum atomic E-state index is 0.899. The lowest BCUT2D eigenvalue weighted by atomic mass is 10.1. The zero-order valence-electron chi connectivity index (χ0n) is 9.53. The van der Waals surface area contributed by atoms with Crippen LogP contribution in [-0.2, 0) is 6.54 Å². The Morgan fingerprint density at radius 3 is 2.29 bits per heavy atom. The fraction of sp³-hybridized carbons (Fsp3) is 0.636. The van der Waals surface area contributed by atoms with Crippen molar-refractivity contribution in [2.24, 2.45) is 0 Å². The van der Waals surface area contributed by atoms with Crippen molar-refractivity contribution in [2.45, 2.75) is 27.3 Å². The second kappa shape index (κ2) is 5.17. The molecule has 0 atom stereocenters. The number of rotatable bonds is 5. The summed E-state index contributed by atoms with van der Waals surface area (Å²) in [7, 11) is 1.96.